The monoisotopic (exact) mass is 477 g/mol. The number of aromatic nitrogens is 4. The second-order valence-corrected chi connectivity index (χ2v) is 9.37. The van der Waals surface area contributed by atoms with E-state index in [1.54, 1.807) is 18.3 Å². The number of nitrogens with zero attached hydrogens (tertiary/aromatic N) is 7. The quantitative estimate of drug-likeness (QED) is 0.557. The predicted octanol–water partition coefficient (Wildman–Crippen LogP) is 2.60. The van der Waals surface area contributed by atoms with Crippen LogP contribution in [0.2, 0.25) is 0 Å². The van der Waals surface area contributed by atoms with Gasteiger partial charge in [-0.15, -0.1) is 5.10 Å². The standard InChI is InChI=1S/C24H21F2N7O2/c1-31-11-17-18(12-31)24(17,13-27)21-3-2-14(8-28-21)22-19(25)6-15(7-20(22)26)33-10-16(35-23(33)34)9-32-5-4-29-30-32/h2-8,16-18H,9-12H2,1H3/t16-,17-,18+,24?/m0/s1. The fraction of sp³-hybridized carbons (Fsp3) is 0.375. The topological polar surface area (TPSA) is 100 Å². The van der Waals surface area contributed by atoms with E-state index in [1.807, 2.05) is 7.05 Å². The fourth-order valence-electron chi connectivity index (χ4n) is 5.57. The maximum atomic E-state index is 15.1. The summed E-state index contributed by atoms with van der Waals surface area (Å²) in [5.74, 6) is -1.17. The first-order valence-corrected chi connectivity index (χ1v) is 11.3. The lowest BCUT2D eigenvalue weighted by Crippen LogP contribution is -2.27. The van der Waals surface area contributed by atoms with Crippen molar-refractivity contribution in [2.75, 3.05) is 31.6 Å². The molecule has 11 heteroatoms. The van der Waals surface area contributed by atoms with Crippen molar-refractivity contribution in [3.8, 4) is 17.2 Å². The molecule has 2 saturated heterocycles. The summed E-state index contributed by atoms with van der Waals surface area (Å²) in [4.78, 5) is 20.2. The molecule has 0 spiro atoms. The summed E-state index contributed by atoms with van der Waals surface area (Å²) in [5.41, 5.74) is 0.117. The number of piperidine rings is 1. The molecule has 178 valence electrons. The van der Waals surface area contributed by atoms with Crippen molar-refractivity contribution in [3.05, 3.63) is 60.2 Å². The van der Waals surface area contributed by atoms with Crippen LogP contribution < -0.4 is 4.90 Å². The highest BCUT2D eigenvalue weighted by atomic mass is 19.1. The van der Waals surface area contributed by atoms with Gasteiger partial charge in [0.15, 0.2) is 0 Å². The molecule has 0 radical (unpaired) electrons. The van der Waals surface area contributed by atoms with Gasteiger partial charge in [-0.3, -0.25) is 9.88 Å². The molecule has 2 aliphatic heterocycles. The van der Waals surface area contributed by atoms with E-state index in [1.165, 1.54) is 22.0 Å². The second-order valence-electron chi connectivity index (χ2n) is 9.37. The third-order valence-corrected chi connectivity index (χ3v) is 7.30. The van der Waals surface area contributed by atoms with E-state index in [-0.39, 0.29) is 41.7 Å². The van der Waals surface area contributed by atoms with Gasteiger partial charge in [0.25, 0.3) is 0 Å². The third kappa shape index (κ3) is 3.36. The van der Waals surface area contributed by atoms with Crippen molar-refractivity contribution in [1.82, 2.24) is 24.9 Å². The Morgan fingerprint density at radius 3 is 2.54 bits per heavy atom. The molecule has 1 saturated carbocycles. The van der Waals surface area contributed by atoms with Crippen LogP contribution in [0, 0.1) is 34.8 Å². The number of cyclic esters (lactones) is 1. The van der Waals surface area contributed by atoms with E-state index in [0.717, 1.165) is 25.2 Å². The number of carbonyl (C=O) groups excluding carboxylic acids is 1. The molecule has 3 aromatic rings. The van der Waals surface area contributed by atoms with Crippen molar-refractivity contribution in [2.45, 2.75) is 18.1 Å². The SMILES string of the molecule is CN1C[C@@H]2[C@H](C1)C2(C#N)c1ccc(-c2c(F)cc(N3C[C@H](Cn4ccnn4)OC3=O)cc2F)cn1. The van der Waals surface area contributed by atoms with Gasteiger partial charge in [0.1, 0.15) is 23.2 Å². The van der Waals surface area contributed by atoms with Gasteiger partial charge in [-0.1, -0.05) is 11.3 Å². The summed E-state index contributed by atoms with van der Waals surface area (Å²) < 4.78 is 37.0. The van der Waals surface area contributed by atoms with Crippen LogP contribution in [-0.2, 0) is 16.7 Å². The zero-order chi connectivity index (χ0) is 24.3. The van der Waals surface area contributed by atoms with Crippen LogP contribution in [0.15, 0.2) is 42.9 Å². The highest BCUT2D eigenvalue weighted by Crippen LogP contribution is 2.62. The maximum Gasteiger partial charge on any atom is 0.414 e. The number of hydrogen-bond donors (Lipinski definition) is 0. The summed E-state index contributed by atoms with van der Waals surface area (Å²) in [6.45, 7) is 2.09. The Balaban J connectivity index is 1.23. The number of ether oxygens (including phenoxy) is 1. The molecular formula is C24H21F2N7O2. The lowest BCUT2D eigenvalue weighted by molar-refractivity contribution is 0.129. The van der Waals surface area contributed by atoms with Gasteiger partial charge >= 0.3 is 6.09 Å². The van der Waals surface area contributed by atoms with Gasteiger partial charge in [-0.2, -0.15) is 5.26 Å². The molecule has 1 aromatic carbocycles. The van der Waals surface area contributed by atoms with Gasteiger partial charge in [-0.05, 0) is 25.2 Å². The minimum atomic E-state index is -0.818. The van der Waals surface area contributed by atoms with Crippen molar-refractivity contribution in [2.24, 2.45) is 11.8 Å². The van der Waals surface area contributed by atoms with Crippen LogP contribution in [0.4, 0.5) is 19.3 Å². The number of halogens is 2. The van der Waals surface area contributed by atoms with Gasteiger partial charge in [0.2, 0.25) is 0 Å². The second kappa shape index (κ2) is 7.81. The molecule has 6 rings (SSSR count). The lowest BCUT2D eigenvalue weighted by atomic mass is 9.95. The summed E-state index contributed by atoms with van der Waals surface area (Å²) in [7, 11) is 2.03. The average Bonchev–Trinajstić information content (AvgIpc) is 3.31. The fourth-order valence-corrected chi connectivity index (χ4v) is 5.57. The van der Waals surface area contributed by atoms with E-state index < -0.39 is 29.2 Å². The Labute approximate surface area is 199 Å². The highest BCUT2D eigenvalue weighted by molar-refractivity contribution is 5.90. The molecule has 0 N–H and O–H groups in total. The van der Waals surface area contributed by atoms with E-state index >= 15 is 8.78 Å². The molecule has 2 aromatic heterocycles. The number of fused-ring (bicyclic) bond motifs is 1. The Bertz CT molecular complexity index is 1300. The Hall–Kier alpha value is -3.91. The van der Waals surface area contributed by atoms with Gasteiger partial charge in [-0.25, -0.2) is 18.3 Å². The van der Waals surface area contributed by atoms with Gasteiger partial charge in [0, 0.05) is 42.9 Å². The zero-order valence-electron chi connectivity index (χ0n) is 18.8. The molecule has 3 fully saturated rings. The summed E-state index contributed by atoms with van der Waals surface area (Å²) in [6, 6.07) is 7.95. The number of nitriles is 1. The predicted molar refractivity (Wildman–Crippen MR) is 119 cm³/mol. The average molecular weight is 477 g/mol. The maximum absolute atomic E-state index is 15.1. The Kier molecular flexibility index (Phi) is 4.82. The lowest BCUT2D eigenvalue weighted by Gasteiger charge is -2.18. The van der Waals surface area contributed by atoms with Crippen molar-refractivity contribution < 1.29 is 18.3 Å². The molecule has 1 unspecified atom stereocenters. The summed E-state index contributed by atoms with van der Waals surface area (Å²) >= 11 is 0. The van der Waals surface area contributed by atoms with E-state index in [4.69, 9.17) is 4.74 Å². The minimum absolute atomic E-state index is 0.0674. The van der Waals surface area contributed by atoms with Gasteiger partial charge in [0.05, 0.1) is 42.3 Å². The first-order chi connectivity index (χ1) is 16.9. The van der Waals surface area contributed by atoms with Crippen LogP contribution >= 0.6 is 0 Å². The molecule has 9 nitrogen and oxygen atoms in total. The number of benzene rings is 1. The summed E-state index contributed by atoms with van der Waals surface area (Å²) in [6.07, 6.45) is 3.34. The van der Waals surface area contributed by atoms with E-state index in [0.29, 0.717) is 5.69 Å². The minimum Gasteiger partial charge on any atom is -0.442 e. The Morgan fingerprint density at radius 1 is 1.20 bits per heavy atom. The summed E-state index contributed by atoms with van der Waals surface area (Å²) in [5, 5.41) is 17.4. The molecule has 1 aliphatic carbocycles. The first kappa shape index (κ1) is 21.6. The molecule has 1 amide bonds. The van der Waals surface area contributed by atoms with Crippen LogP contribution in [0.3, 0.4) is 0 Å². The van der Waals surface area contributed by atoms with Crippen LogP contribution in [0.5, 0.6) is 0 Å². The number of pyridine rings is 1. The van der Waals surface area contributed by atoms with Crippen molar-refractivity contribution in [1.29, 1.82) is 5.26 Å². The molecular weight excluding hydrogens is 456 g/mol. The Morgan fingerprint density at radius 2 is 1.94 bits per heavy atom. The van der Waals surface area contributed by atoms with Crippen molar-refractivity contribution in [3.63, 3.8) is 0 Å². The zero-order valence-corrected chi connectivity index (χ0v) is 18.8. The van der Waals surface area contributed by atoms with Crippen LogP contribution in [0.1, 0.15) is 5.69 Å². The number of hydrogen-bond acceptors (Lipinski definition) is 7. The van der Waals surface area contributed by atoms with E-state index in [9.17, 15) is 10.1 Å². The smallest absolute Gasteiger partial charge is 0.414 e. The highest BCUT2D eigenvalue weighted by Gasteiger charge is 2.70. The number of amides is 1. The van der Waals surface area contributed by atoms with Crippen molar-refractivity contribution >= 4 is 11.8 Å². The normalized spacial score (nSPS) is 27.5. The number of carbonyl (C=O) groups is 1. The molecule has 3 aliphatic rings. The largest absolute Gasteiger partial charge is 0.442 e. The van der Waals surface area contributed by atoms with Gasteiger partial charge < -0.3 is 9.64 Å². The number of likely N-dealkylation sites (tertiary alicyclic amines) is 1. The van der Waals surface area contributed by atoms with Crippen LogP contribution in [-0.4, -0.2) is 63.8 Å². The first-order valence-electron chi connectivity index (χ1n) is 11.3. The number of anilines is 1. The molecule has 4 heterocycles. The molecule has 0 bridgehead atoms. The van der Waals surface area contributed by atoms with E-state index in [2.05, 4.69) is 26.3 Å². The number of rotatable bonds is 5. The third-order valence-electron chi connectivity index (χ3n) is 7.30. The van der Waals surface area contributed by atoms with Crippen LogP contribution in [0.25, 0.3) is 11.1 Å². The molecule has 4 atom stereocenters. The molecule has 35 heavy (non-hydrogen) atoms.